The summed E-state index contributed by atoms with van der Waals surface area (Å²) < 4.78 is 0. The second kappa shape index (κ2) is 9.38. The summed E-state index contributed by atoms with van der Waals surface area (Å²) in [4.78, 5) is 7.21. The molecule has 1 aliphatic heterocycles. The van der Waals surface area contributed by atoms with E-state index in [2.05, 4.69) is 57.8 Å². The van der Waals surface area contributed by atoms with Crippen LogP contribution in [0.4, 0.5) is 0 Å². The maximum absolute atomic E-state index is 10.5. The topological polar surface area (TPSA) is 59.9 Å². The minimum Gasteiger partial charge on any atom is -0.388 e. The van der Waals surface area contributed by atoms with Gasteiger partial charge in [0.05, 0.1) is 12.1 Å². The maximum atomic E-state index is 10.5. The maximum Gasteiger partial charge on any atom is 0.191 e. The van der Waals surface area contributed by atoms with Crippen LogP contribution in [0.3, 0.4) is 0 Å². The van der Waals surface area contributed by atoms with E-state index >= 15 is 0 Å². The van der Waals surface area contributed by atoms with E-state index in [0.717, 1.165) is 70.7 Å². The third kappa shape index (κ3) is 5.71. The van der Waals surface area contributed by atoms with Crippen LogP contribution in [0.2, 0.25) is 0 Å². The molecule has 1 heterocycles. The Bertz CT molecular complexity index is 561. The van der Waals surface area contributed by atoms with Crippen molar-refractivity contribution >= 4 is 5.96 Å². The van der Waals surface area contributed by atoms with Crippen LogP contribution >= 0.6 is 0 Å². The first kappa shape index (κ1) is 19.2. The molecule has 3 N–H and O–H groups in total. The van der Waals surface area contributed by atoms with Crippen LogP contribution in [0.15, 0.2) is 35.3 Å². The molecule has 1 aliphatic carbocycles. The van der Waals surface area contributed by atoms with Crippen molar-refractivity contribution in [2.24, 2.45) is 4.99 Å². The molecular formula is C21H34N4O. The van der Waals surface area contributed by atoms with E-state index in [9.17, 15) is 5.11 Å². The Morgan fingerprint density at radius 3 is 2.54 bits per heavy atom. The van der Waals surface area contributed by atoms with E-state index in [0.29, 0.717) is 12.6 Å². The summed E-state index contributed by atoms with van der Waals surface area (Å²) in [6.07, 6.45) is 6.26. The van der Waals surface area contributed by atoms with Gasteiger partial charge in [-0.1, -0.05) is 43.2 Å². The standard InChI is InChI=1S/C21H34N4O/c1-2-22-20(23-17-21(26)12-6-7-13-21)24-19-10-14-25(15-11-19)16-18-8-4-3-5-9-18/h3-5,8-9,19,26H,2,6-7,10-17H2,1H3,(H2,22,23,24). The van der Waals surface area contributed by atoms with Gasteiger partial charge in [0.1, 0.15) is 0 Å². The fraction of sp³-hybridized carbons (Fsp3) is 0.667. The Kier molecular flexibility index (Phi) is 6.92. The number of piperidine rings is 1. The van der Waals surface area contributed by atoms with Gasteiger partial charge in [-0.05, 0) is 38.2 Å². The molecule has 0 spiro atoms. The molecule has 144 valence electrons. The van der Waals surface area contributed by atoms with E-state index in [1.54, 1.807) is 0 Å². The predicted molar refractivity (Wildman–Crippen MR) is 107 cm³/mol. The van der Waals surface area contributed by atoms with Gasteiger partial charge in [-0.2, -0.15) is 0 Å². The van der Waals surface area contributed by atoms with Gasteiger partial charge < -0.3 is 15.7 Å². The third-order valence-electron chi connectivity index (χ3n) is 5.59. The fourth-order valence-corrected chi connectivity index (χ4v) is 4.01. The zero-order valence-electron chi connectivity index (χ0n) is 16.1. The molecule has 0 amide bonds. The zero-order valence-corrected chi connectivity index (χ0v) is 16.1. The van der Waals surface area contributed by atoms with Gasteiger partial charge in [0.2, 0.25) is 0 Å². The van der Waals surface area contributed by atoms with E-state index in [1.807, 2.05) is 0 Å². The van der Waals surface area contributed by atoms with E-state index in [1.165, 1.54) is 5.56 Å². The average molecular weight is 359 g/mol. The molecule has 1 aromatic carbocycles. The molecular weight excluding hydrogens is 324 g/mol. The van der Waals surface area contributed by atoms with Crippen LogP contribution in [0.5, 0.6) is 0 Å². The lowest BCUT2D eigenvalue weighted by atomic mass is 10.0. The Labute approximate surface area is 157 Å². The van der Waals surface area contributed by atoms with Gasteiger partial charge in [-0.15, -0.1) is 0 Å². The van der Waals surface area contributed by atoms with Crippen molar-refractivity contribution in [1.82, 2.24) is 15.5 Å². The molecule has 1 saturated carbocycles. The average Bonchev–Trinajstić information content (AvgIpc) is 3.09. The number of nitrogens with one attached hydrogen (secondary N) is 2. The SMILES string of the molecule is CCNC(=NCC1(O)CCCC1)NC1CCN(Cc2ccccc2)CC1. The predicted octanol–water partition coefficient (Wildman–Crippen LogP) is 2.51. The number of hydrogen-bond acceptors (Lipinski definition) is 3. The highest BCUT2D eigenvalue weighted by molar-refractivity contribution is 5.80. The van der Waals surface area contributed by atoms with Crippen LogP contribution in [-0.4, -0.2) is 53.8 Å². The van der Waals surface area contributed by atoms with Crippen molar-refractivity contribution in [2.75, 3.05) is 26.2 Å². The Morgan fingerprint density at radius 2 is 1.88 bits per heavy atom. The molecule has 1 aromatic rings. The van der Waals surface area contributed by atoms with Crippen molar-refractivity contribution in [3.8, 4) is 0 Å². The van der Waals surface area contributed by atoms with Gasteiger partial charge in [0, 0.05) is 32.2 Å². The second-order valence-electron chi connectivity index (χ2n) is 7.81. The second-order valence-corrected chi connectivity index (χ2v) is 7.81. The van der Waals surface area contributed by atoms with Crippen molar-refractivity contribution < 1.29 is 5.11 Å². The van der Waals surface area contributed by atoms with Crippen LogP contribution in [0, 0.1) is 0 Å². The lowest BCUT2D eigenvalue weighted by Gasteiger charge is -2.33. The molecule has 2 aliphatic rings. The number of rotatable bonds is 6. The van der Waals surface area contributed by atoms with Crippen molar-refractivity contribution in [1.29, 1.82) is 0 Å². The largest absolute Gasteiger partial charge is 0.388 e. The number of likely N-dealkylation sites (tertiary alicyclic amines) is 1. The van der Waals surface area contributed by atoms with Gasteiger partial charge in [-0.25, -0.2) is 0 Å². The summed E-state index contributed by atoms with van der Waals surface area (Å²) in [5.74, 6) is 0.856. The van der Waals surface area contributed by atoms with Crippen molar-refractivity contribution in [3.63, 3.8) is 0 Å². The number of aliphatic imine (C=N–C) groups is 1. The molecule has 0 unspecified atom stereocenters. The molecule has 3 rings (SSSR count). The number of guanidine groups is 1. The molecule has 0 radical (unpaired) electrons. The first-order valence-electron chi connectivity index (χ1n) is 10.2. The number of aliphatic hydroxyl groups is 1. The van der Waals surface area contributed by atoms with Crippen molar-refractivity contribution in [3.05, 3.63) is 35.9 Å². The summed E-state index contributed by atoms with van der Waals surface area (Å²) in [5, 5.41) is 17.4. The molecule has 5 heteroatoms. The highest BCUT2D eigenvalue weighted by Crippen LogP contribution is 2.29. The van der Waals surface area contributed by atoms with Gasteiger partial charge >= 0.3 is 0 Å². The summed E-state index contributed by atoms with van der Waals surface area (Å²) in [7, 11) is 0. The highest BCUT2D eigenvalue weighted by atomic mass is 16.3. The molecule has 1 saturated heterocycles. The smallest absolute Gasteiger partial charge is 0.191 e. The van der Waals surface area contributed by atoms with E-state index in [-0.39, 0.29) is 0 Å². The van der Waals surface area contributed by atoms with Gasteiger partial charge in [0.15, 0.2) is 5.96 Å². The number of nitrogens with zero attached hydrogens (tertiary/aromatic N) is 2. The summed E-state index contributed by atoms with van der Waals surface area (Å²) in [6, 6.07) is 11.2. The first-order chi connectivity index (χ1) is 12.7. The molecule has 2 fully saturated rings. The van der Waals surface area contributed by atoms with E-state index < -0.39 is 5.60 Å². The molecule has 26 heavy (non-hydrogen) atoms. The summed E-state index contributed by atoms with van der Waals surface area (Å²) >= 11 is 0. The van der Waals surface area contributed by atoms with Crippen LogP contribution in [0.1, 0.15) is 51.0 Å². The van der Waals surface area contributed by atoms with Gasteiger partial charge in [0.25, 0.3) is 0 Å². The van der Waals surface area contributed by atoms with E-state index in [4.69, 9.17) is 0 Å². The zero-order chi connectivity index (χ0) is 18.2. The van der Waals surface area contributed by atoms with Crippen LogP contribution < -0.4 is 10.6 Å². The highest BCUT2D eigenvalue weighted by Gasteiger charge is 2.31. The van der Waals surface area contributed by atoms with Crippen LogP contribution in [0.25, 0.3) is 0 Å². The van der Waals surface area contributed by atoms with Crippen LogP contribution in [-0.2, 0) is 6.54 Å². The summed E-state index contributed by atoms with van der Waals surface area (Å²) in [5.41, 5.74) is 0.806. The Morgan fingerprint density at radius 1 is 1.19 bits per heavy atom. The fourth-order valence-electron chi connectivity index (χ4n) is 4.01. The van der Waals surface area contributed by atoms with Gasteiger partial charge in [-0.3, -0.25) is 9.89 Å². The minimum absolute atomic E-state index is 0.457. The minimum atomic E-state index is -0.582. The molecule has 0 atom stereocenters. The van der Waals surface area contributed by atoms with Crippen molar-refractivity contribution in [2.45, 2.75) is 63.6 Å². The lowest BCUT2D eigenvalue weighted by molar-refractivity contribution is 0.0573. The first-order valence-corrected chi connectivity index (χ1v) is 10.2. The molecule has 0 bridgehead atoms. The Hall–Kier alpha value is -1.59. The third-order valence-corrected chi connectivity index (χ3v) is 5.59. The summed E-state index contributed by atoms with van der Waals surface area (Å²) in [6.45, 7) is 6.69. The number of benzene rings is 1. The normalized spacial score (nSPS) is 21.7. The lowest BCUT2D eigenvalue weighted by Crippen LogP contribution is -2.49. The quantitative estimate of drug-likeness (QED) is 0.540. The number of hydrogen-bond donors (Lipinski definition) is 3. The molecule has 5 nitrogen and oxygen atoms in total. The Balaban J connectivity index is 1.46. The monoisotopic (exact) mass is 358 g/mol. The molecule has 0 aromatic heterocycles.